The Kier molecular flexibility index (Phi) is 10.8. The molecule has 2 aromatic carbocycles. The van der Waals surface area contributed by atoms with E-state index in [9.17, 15) is 9.59 Å². The number of carbonyl (C=O) groups is 1. The molecule has 7 heteroatoms. The van der Waals surface area contributed by atoms with Crippen molar-refractivity contribution < 1.29 is 4.79 Å². The number of anilines is 2. The summed E-state index contributed by atoms with van der Waals surface area (Å²) in [5.41, 5.74) is 5.27. The number of fused-ring (bicyclic) bond motifs is 1. The molecule has 3 N–H and O–H groups in total. The third-order valence-corrected chi connectivity index (χ3v) is 7.90. The van der Waals surface area contributed by atoms with E-state index in [0.717, 1.165) is 52.7 Å². The Balaban J connectivity index is 1.90. The number of hydrogen-bond donors (Lipinski definition) is 3. The third kappa shape index (κ3) is 7.82. The second kappa shape index (κ2) is 14.6. The minimum absolute atomic E-state index is 0.203. The molecular weight excluding hydrogens is 558 g/mol. The number of pyridine rings is 2. The van der Waals surface area contributed by atoms with Gasteiger partial charge in [0.25, 0.3) is 5.56 Å². The van der Waals surface area contributed by atoms with Gasteiger partial charge >= 0.3 is 6.03 Å². The second-order valence-electron chi connectivity index (χ2n) is 12.6. The number of benzene rings is 2. The summed E-state index contributed by atoms with van der Waals surface area (Å²) in [6, 6.07) is 17.3. The number of nitrogens with one attached hydrogen (secondary N) is 3. The third-order valence-electron chi connectivity index (χ3n) is 7.90. The summed E-state index contributed by atoms with van der Waals surface area (Å²) in [5, 5.41) is 10.3. The molecule has 0 aliphatic rings. The van der Waals surface area contributed by atoms with Crippen LogP contribution in [-0.2, 0) is 6.54 Å². The molecule has 4 aromatic rings. The van der Waals surface area contributed by atoms with E-state index in [1.54, 1.807) is 10.8 Å². The first kappa shape index (κ1) is 33.5. The minimum Gasteiger partial charge on any atom is -0.307 e. The second-order valence-corrected chi connectivity index (χ2v) is 12.6. The predicted octanol–water partition coefficient (Wildman–Crippen LogP) is 8.49. The molecule has 236 valence electrons. The summed E-state index contributed by atoms with van der Waals surface area (Å²) in [5.74, 6) is 7.02. The molecule has 0 atom stereocenters. The minimum atomic E-state index is -0.461. The van der Waals surface area contributed by atoms with Gasteiger partial charge in [0, 0.05) is 34.9 Å². The smallest absolute Gasteiger partial charge is 0.307 e. The Morgan fingerprint density at radius 1 is 0.933 bits per heavy atom. The quantitative estimate of drug-likeness (QED) is 0.158. The average Bonchev–Trinajstić information content (AvgIpc) is 3.00. The van der Waals surface area contributed by atoms with Crippen LogP contribution in [0.1, 0.15) is 96.8 Å². The summed E-state index contributed by atoms with van der Waals surface area (Å²) in [6.07, 6.45) is 3.43. The van der Waals surface area contributed by atoms with E-state index in [2.05, 4.69) is 74.3 Å². The van der Waals surface area contributed by atoms with E-state index in [0.29, 0.717) is 17.8 Å². The molecule has 0 bridgehead atoms. The predicted molar refractivity (Wildman–Crippen MR) is 188 cm³/mol. The lowest BCUT2D eigenvalue weighted by Gasteiger charge is -2.22. The number of amides is 2. The number of aromatic nitrogens is 2. The molecule has 0 radical (unpaired) electrons. The molecular formula is C38H47N5O2. The Hall–Kier alpha value is -4.41. The molecule has 0 spiro atoms. The Morgan fingerprint density at radius 3 is 2.24 bits per heavy atom. The van der Waals surface area contributed by atoms with Crippen molar-refractivity contribution in [2.75, 3.05) is 17.2 Å². The van der Waals surface area contributed by atoms with E-state index < -0.39 is 6.03 Å². The molecule has 0 aliphatic heterocycles. The van der Waals surface area contributed by atoms with Crippen LogP contribution in [0.5, 0.6) is 0 Å². The molecule has 2 heterocycles. The molecule has 7 nitrogen and oxygen atoms in total. The zero-order valence-corrected chi connectivity index (χ0v) is 28.0. The average molecular weight is 606 g/mol. The maximum Gasteiger partial charge on any atom is 0.323 e. The number of para-hydroxylation sites is 1. The fourth-order valence-corrected chi connectivity index (χ4v) is 5.64. The van der Waals surface area contributed by atoms with Crippen molar-refractivity contribution >= 4 is 28.4 Å². The first-order valence-corrected chi connectivity index (χ1v) is 16.1. The molecule has 0 aliphatic carbocycles. The fraction of sp³-hybridized carbons (Fsp3) is 0.395. The summed E-state index contributed by atoms with van der Waals surface area (Å²) in [7, 11) is 0. The van der Waals surface area contributed by atoms with Crippen molar-refractivity contribution in [1.29, 1.82) is 0 Å². The molecule has 2 aromatic heterocycles. The first-order chi connectivity index (χ1) is 21.5. The molecule has 0 fully saturated rings. The molecule has 0 saturated carbocycles. The van der Waals surface area contributed by atoms with Gasteiger partial charge in [-0.1, -0.05) is 90.1 Å². The van der Waals surface area contributed by atoms with Gasteiger partial charge in [0.1, 0.15) is 11.3 Å². The van der Waals surface area contributed by atoms with Gasteiger partial charge in [-0.15, -0.1) is 0 Å². The lowest BCUT2D eigenvalue weighted by atomic mass is 9.93. The monoisotopic (exact) mass is 605 g/mol. The molecule has 2 amide bonds. The number of nitrogens with zero attached hydrogens (tertiary/aromatic N) is 2. The van der Waals surface area contributed by atoms with Crippen molar-refractivity contribution in [2.45, 2.75) is 92.2 Å². The van der Waals surface area contributed by atoms with E-state index in [1.807, 2.05) is 68.4 Å². The number of carbonyl (C=O) groups excluding carboxylic acids is 1. The fourth-order valence-electron chi connectivity index (χ4n) is 5.64. The van der Waals surface area contributed by atoms with E-state index in [1.165, 1.54) is 0 Å². The highest BCUT2D eigenvalue weighted by Gasteiger charge is 2.23. The van der Waals surface area contributed by atoms with Crippen LogP contribution < -0.4 is 21.5 Å². The summed E-state index contributed by atoms with van der Waals surface area (Å²) in [4.78, 5) is 32.8. The SMILES string of the molecule is CCCCn1c(=O)c(NC(=O)Nc2c(C(C)C)cccc2C(C)C)c(-c2cccc(C#CC(C)(C)NCC)c2)c2cccnc21. The van der Waals surface area contributed by atoms with Crippen molar-refractivity contribution in [3.8, 4) is 23.0 Å². The highest BCUT2D eigenvalue weighted by molar-refractivity contribution is 6.07. The van der Waals surface area contributed by atoms with Gasteiger partial charge in [0.05, 0.1) is 5.54 Å². The Morgan fingerprint density at radius 2 is 1.60 bits per heavy atom. The Bertz CT molecular complexity index is 1760. The summed E-state index contributed by atoms with van der Waals surface area (Å²) >= 11 is 0. The van der Waals surface area contributed by atoms with Crippen LogP contribution in [0.4, 0.5) is 16.2 Å². The number of hydrogen-bond acceptors (Lipinski definition) is 4. The van der Waals surface area contributed by atoms with Gasteiger partial charge in [-0.25, -0.2) is 9.78 Å². The van der Waals surface area contributed by atoms with E-state index in [4.69, 9.17) is 0 Å². The topological polar surface area (TPSA) is 88.0 Å². The van der Waals surface area contributed by atoms with Crippen molar-refractivity contribution in [3.05, 3.63) is 87.8 Å². The largest absolute Gasteiger partial charge is 0.323 e. The molecule has 0 unspecified atom stereocenters. The van der Waals surface area contributed by atoms with Crippen LogP contribution in [-0.4, -0.2) is 27.7 Å². The first-order valence-electron chi connectivity index (χ1n) is 16.1. The lowest BCUT2D eigenvalue weighted by molar-refractivity contribution is 0.262. The van der Waals surface area contributed by atoms with Crippen LogP contribution in [0.2, 0.25) is 0 Å². The highest BCUT2D eigenvalue weighted by Crippen LogP contribution is 2.35. The zero-order chi connectivity index (χ0) is 32.7. The number of rotatable bonds is 10. The lowest BCUT2D eigenvalue weighted by Crippen LogP contribution is -2.37. The van der Waals surface area contributed by atoms with Crippen molar-refractivity contribution in [2.24, 2.45) is 0 Å². The van der Waals surface area contributed by atoms with E-state index >= 15 is 0 Å². The highest BCUT2D eigenvalue weighted by atomic mass is 16.2. The van der Waals surface area contributed by atoms with Crippen LogP contribution in [0.25, 0.3) is 22.2 Å². The standard InChI is InChI=1S/C38H47N5O2/c1-9-11-23-43-35-31(19-14-22-39-35)32(28-16-12-15-27(24-28)20-21-38(7,8)40-10-2)34(36(43)44)42-37(45)41-33-29(25(3)4)17-13-18-30(33)26(5)6/h12-19,22,24-26,40H,9-11,23H2,1-8H3,(H2,41,42,45). The normalized spacial score (nSPS) is 11.5. The van der Waals surface area contributed by atoms with Gasteiger partial charge in [-0.3, -0.25) is 9.36 Å². The zero-order valence-electron chi connectivity index (χ0n) is 28.0. The summed E-state index contributed by atoms with van der Waals surface area (Å²) < 4.78 is 1.68. The van der Waals surface area contributed by atoms with Crippen LogP contribution in [0.3, 0.4) is 0 Å². The molecule has 45 heavy (non-hydrogen) atoms. The molecule has 4 rings (SSSR count). The van der Waals surface area contributed by atoms with Gasteiger partial charge in [-0.05, 0) is 79.6 Å². The maximum atomic E-state index is 14.3. The Labute approximate surface area is 267 Å². The van der Waals surface area contributed by atoms with Gasteiger partial charge in [0.2, 0.25) is 0 Å². The maximum absolute atomic E-state index is 14.3. The van der Waals surface area contributed by atoms with Crippen molar-refractivity contribution in [3.63, 3.8) is 0 Å². The van der Waals surface area contributed by atoms with Crippen LogP contribution in [0, 0.1) is 11.8 Å². The van der Waals surface area contributed by atoms with Gasteiger partial charge in [-0.2, -0.15) is 0 Å². The molecule has 0 saturated heterocycles. The number of unbranched alkanes of at least 4 members (excludes halogenated alkanes) is 1. The van der Waals surface area contributed by atoms with Gasteiger partial charge in [0.15, 0.2) is 0 Å². The van der Waals surface area contributed by atoms with Crippen LogP contribution >= 0.6 is 0 Å². The van der Waals surface area contributed by atoms with E-state index in [-0.39, 0.29) is 28.6 Å². The summed E-state index contributed by atoms with van der Waals surface area (Å²) in [6.45, 7) is 18.0. The van der Waals surface area contributed by atoms with Gasteiger partial charge < -0.3 is 16.0 Å². The number of aryl methyl sites for hydroxylation is 1. The number of urea groups is 1. The van der Waals surface area contributed by atoms with Crippen molar-refractivity contribution in [1.82, 2.24) is 14.9 Å². The van der Waals surface area contributed by atoms with Crippen LogP contribution in [0.15, 0.2) is 65.6 Å².